The van der Waals surface area contributed by atoms with E-state index in [1.54, 1.807) is 6.20 Å². The van der Waals surface area contributed by atoms with Crippen LogP contribution in [0.2, 0.25) is 0 Å². The van der Waals surface area contributed by atoms with E-state index in [4.69, 9.17) is 18.0 Å². The van der Waals surface area contributed by atoms with Crippen LogP contribution in [0, 0.1) is 0 Å². The summed E-state index contributed by atoms with van der Waals surface area (Å²) in [7, 11) is 0. The smallest absolute Gasteiger partial charge is 0.133 e. The summed E-state index contributed by atoms with van der Waals surface area (Å²) in [6.07, 6.45) is 2.79. The summed E-state index contributed by atoms with van der Waals surface area (Å²) in [5, 5.41) is 0. The molecule has 96 valence electrons. The van der Waals surface area contributed by atoms with E-state index < -0.39 is 0 Å². The molecule has 4 heteroatoms. The molecular weight excluding hydrogens is 254 g/mol. The van der Waals surface area contributed by atoms with E-state index in [2.05, 4.69) is 41.1 Å². The molecule has 2 N–H and O–H groups in total. The van der Waals surface area contributed by atoms with Crippen LogP contribution in [0.5, 0.6) is 0 Å². The molecule has 0 bridgehead atoms. The molecule has 0 spiro atoms. The molecule has 1 aliphatic heterocycles. The van der Waals surface area contributed by atoms with Crippen molar-refractivity contribution in [1.29, 1.82) is 0 Å². The summed E-state index contributed by atoms with van der Waals surface area (Å²) in [6, 6.07) is 12.8. The average Bonchev–Trinajstić information content (AvgIpc) is 2.74. The van der Waals surface area contributed by atoms with Gasteiger partial charge in [-0.25, -0.2) is 4.98 Å². The number of para-hydroxylation sites is 1. The fraction of sp³-hybridized carbons (Fsp3) is 0.200. The van der Waals surface area contributed by atoms with Crippen molar-refractivity contribution < 1.29 is 0 Å². The lowest BCUT2D eigenvalue weighted by molar-refractivity contribution is 0.750. The second kappa shape index (κ2) is 4.63. The predicted octanol–water partition coefficient (Wildman–Crippen LogP) is 2.80. The van der Waals surface area contributed by atoms with Gasteiger partial charge in [0.05, 0.1) is 0 Å². The molecule has 0 saturated carbocycles. The lowest BCUT2D eigenvalue weighted by atomic mass is 10.1. The quantitative estimate of drug-likeness (QED) is 0.851. The lowest BCUT2D eigenvalue weighted by Gasteiger charge is -2.23. The molecule has 2 heterocycles. The first kappa shape index (κ1) is 12.1. The van der Waals surface area contributed by atoms with Gasteiger partial charge in [-0.05, 0) is 37.1 Å². The first-order valence-corrected chi connectivity index (χ1v) is 6.70. The van der Waals surface area contributed by atoms with Gasteiger partial charge >= 0.3 is 0 Å². The van der Waals surface area contributed by atoms with Gasteiger partial charge in [-0.15, -0.1) is 0 Å². The van der Waals surface area contributed by atoms with Crippen molar-refractivity contribution in [3.05, 3.63) is 53.7 Å². The number of nitrogens with two attached hydrogens (primary N) is 1. The van der Waals surface area contributed by atoms with Crippen LogP contribution in [-0.4, -0.2) is 16.0 Å². The first-order chi connectivity index (χ1) is 9.16. The van der Waals surface area contributed by atoms with E-state index in [9.17, 15) is 0 Å². The third kappa shape index (κ3) is 2.08. The number of hydrogen-bond acceptors (Lipinski definition) is 3. The van der Waals surface area contributed by atoms with Gasteiger partial charge in [0.15, 0.2) is 0 Å². The predicted molar refractivity (Wildman–Crippen MR) is 81.9 cm³/mol. The summed E-state index contributed by atoms with van der Waals surface area (Å²) in [5.41, 5.74) is 9.02. The third-order valence-electron chi connectivity index (χ3n) is 3.49. The maximum Gasteiger partial charge on any atom is 0.133 e. The highest BCUT2D eigenvalue weighted by Gasteiger charge is 2.27. The molecule has 0 fully saturated rings. The molecule has 1 atom stereocenters. The standard InChI is InChI=1S/C15H15N3S/c1-10-8-11-4-2-3-5-13(11)18(10)14-7-6-12(9-17-14)15(16)19/h2-7,9-10H,8H2,1H3,(H2,16,19). The normalized spacial score (nSPS) is 17.3. The van der Waals surface area contributed by atoms with Gasteiger partial charge in [-0.1, -0.05) is 30.4 Å². The minimum atomic E-state index is 0.383. The van der Waals surface area contributed by atoms with Crippen LogP contribution in [0.1, 0.15) is 18.1 Å². The number of anilines is 2. The molecule has 1 aliphatic rings. The Bertz CT molecular complexity index is 622. The number of hydrogen-bond donors (Lipinski definition) is 1. The molecule has 1 aromatic heterocycles. The molecule has 0 aliphatic carbocycles. The van der Waals surface area contributed by atoms with Gasteiger partial charge in [0.25, 0.3) is 0 Å². The summed E-state index contributed by atoms with van der Waals surface area (Å²) in [6.45, 7) is 2.21. The van der Waals surface area contributed by atoms with Gasteiger partial charge in [0.2, 0.25) is 0 Å². The Labute approximate surface area is 118 Å². The van der Waals surface area contributed by atoms with Crippen molar-refractivity contribution in [3.8, 4) is 0 Å². The van der Waals surface area contributed by atoms with Crippen LogP contribution < -0.4 is 10.6 Å². The summed E-state index contributed by atoms with van der Waals surface area (Å²) in [5.74, 6) is 0.942. The van der Waals surface area contributed by atoms with Gasteiger partial charge in [0, 0.05) is 23.5 Å². The second-order valence-electron chi connectivity index (χ2n) is 4.82. The number of aromatic nitrogens is 1. The van der Waals surface area contributed by atoms with Gasteiger partial charge in [-0.2, -0.15) is 0 Å². The van der Waals surface area contributed by atoms with Crippen molar-refractivity contribution in [1.82, 2.24) is 4.98 Å². The monoisotopic (exact) mass is 269 g/mol. The minimum Gasteiger partial charge on any atom is -0.389 e. The van der Waals surface area contributed by atoms with Crippen molar-refractivity contribution in [2.45, 2.75) is 19.4 Å². The van der Waals surface area contributed by atoms with Crippen LogP contribution >= 0.6 is 12.2 Å². The molecule has 0 radical (unpaired) electrons. The lowest BCUT2D eigenvalue weighted by Crippen LogP contribution is -2.25. The molecule has 1 unspecified atom stereocenters. The fourth-order valence-corrected chi connectivity index (χ4v) is 2.71. The Kier molecular flexibility index (Phi) is 2.95. The average molecular weight is 269 g/mol. The zero-order valence-corrected chi connectivity index (χ0v) is 11.5. The maximum atomic E-state index is 5.60. The number of pyridine rings is 1. The Hall–Kier alpha value is -1.94. The van der Waals surface area contributed by atoms with Gasteiger partial charge in [-0.3, -0.25) is 0 Å². The molecule has 3 nitrogen and oxygen atoms in total. The largest absolute Gasteiger partial charge is 0.389 e. The molecular formula is C15H15N3S. The number of fused-ring (bicyclic) bond motifs is 1. The van der Waals surface area contributed by atoms with E-state index in [0.29, 0.717) is 11.0 Å². The number of thiocarbonyl (C=S) groups is 1. The highest BCUT2D eigenvalue weighted by Crippen LogP contribution is 2.36. The summed E-state index contributed by atoms with van der Waals surface area (Å²) >= 11 is 4.95. The van der Waals surface area contributed by atoms with Gasteiger partial charge in [0.1, 0.15) is 10.8 Å². The van der Waals surface area contributed by atoms with Crippen molar-refractivity contribution in [2.24, 2.45) is 5.73 Å². The van der Waals surface area contributed by atoms with Crippen LogP contribution in [0.3, 0.4) is 0 Å². The van der Waals surface area contributed by atoms with E-state index in [1.807, 2.05) is 12.1 Å². The maximum absolute atomic E-state index is 5.60. The Balaban J connectivity index is 2.00. The van der Waals surface area contributed by atoms with E-state index in [-0.39, 0.29) is 0 Å². The second-order valence-corrected chi connectivity index (χ2v) is 5.26. The van der Waals surface area contributed by atoms with Crippen LogP contribution in [-0.2, 0) is 6.42 Å². The number of nitrogens with zero attached hydrogens (tertiary/aromatic N) is 2. The Morgan fingerprint density at radius 2 is 2.11 bits per heavy atom. The molecule has 1 aromatic carbocycles. The summed E-state index contributed by atoms with van der Waals surface area (Å²) in [4.78, 5) is 7.14. The first-order valence-electron chi connectivity index (χ1n) is 6.30. The van der Waals surface area contributed by atoms with Crippen molar-refractivity contribution >= 4 is 28.7 Å². The zero-order valence-electron chi connectivity index (χ0n) is 10.7. The van der Waals surface area contributed by atoms with E-state index in [1.165, 1.54) is 11.3 Å². The highest BCUT2D eigenvalue weighted by molar-refractivity contribution is 7.80. The third-order valence-corrected chi connectivity index (χ3v) is 3.72. The van der Waals surface area contributed by atoms with Crippen LogP contribution in [0.4, 0.5) is 11.5 Å². The minimum absolute atomic E-state index is 0.383. The molecule has 2 aromatic rings. The van der Waals surface area contributed by atoms with Gasteiger partial charge < -0.3 is 10.6 Å². The molecule has 0 saturated heterocycles. The SMILES string of the molecule is CC1Cc2ccccc2N1c1ccc(C(N)=S)cn1. The fourth-order valence-electron chi connectivity index (χ4n) is 2.59. The van der Waals surface area contributed by atoms with Crippen molar-refractivity contribution in [2.75, 3.05) is 4.90 Å². The van der Waals surface area contributed by atoms with E-state index >= 15 is 0 Å². The van der Waals surface area contributed by atoms with Crippen LogP contribution in [0.25, 0.3) is 0 Å². The van der Waals surface area contributed by atoms with E-state index in [0.717, 1.165) is 17.8 Å². The molecule has 0 amide bonds. The number of benzene rings is 1. The Morgan fingerprint density at radius 3 is 2.79 bits per heavy atom. The van der Waals surface area contributed by atoms with Crippen molar-refractivity contribution in [3.63, 3.8) is 0 Å². The topological polar surface area (TPSA) is 42.1 Å². The van der Waals surface area contributed by atoms with Crippen LogP contribution in [0.15, 0.2) is 42.6 Å². The number of rotatable bonds is 2. The Morgan fingerprint density at radius 1 is 1.32 bits per heavy atom. The molecule has 19 heavy (non-hydrogen) atoms. The molecule has 3 rings (SSSR count). The zero-order chi connectivity index (χ0) is 13.4. The highest BCUT2D eigenvalue weighted by atomic mass is 32.1. The summed E-state index contributed by atoms with van der Waals surface area (Å²) < 4.78 is 0.